The summed E-state index contributed by atoms with van der Waals surface area (Å²) in [7, 11) is 1.30. The number of aryl methyl sites for hydroxylation is 2. The van der Waals surface area contributed by atoms with Gasteiger partial charge in [-0.1, -0.05) is 6.07 Å². The lowest BCUT2D eigenvalue weighted by molar-refractivity contribution is -0.143. The highest BCUT2D eigenvalue weighted by molar-refractivity contribution is 7.95. The fraction of sp³-hybridized carbons (Fsp3) is 0.238. The highest BCUT2D eigenvalue weighted by Gasteiger charge is 2.43. The van der Waals surface area contributed by atoms with Crippen molar-refractivity contribution in [3.05, 3.63) is 64.5 Å². The molecule has 0 fully saturated rings. The summed E-state index contributed by atoms with van der Waals surface area (Å²) in [5, 5.41) is 7.27. The number of amides is 2. The molecule has 2 aromatic carbocycles. The van der Waals surface area contributed by atoms with Gasteiger partial charge in [-0.05, 0) is 55.3 Å². The van der Waals surface area contributed by atoms with Crippen LogP contribution in [0.15, 0.2) is 45.8 Å². The van der Waals surface area contributed by atoms with Crippen molar-refractivity contribution in [2.75, 3.05) is 19.0 Å². The molecule has 0 bridgehead atoms. The Morgan fingerprint density at radius 1 is 1.22 bits per heavy atom. The largest absolute Gasteiger partial charge is 0.379 e. The predicted octanol–water partition coefficient (Wildman–Crippen LogP) is 4.24. The van der Waals surface area contributed by atoms with Crippen LogP contribution in [0.5, 0.6) is 0 Å². The summed E-state index contributed by atoms with van der Waals surface area (Å²) < 4.78 is 50.4. The average Bonchev–Trinajstić information content (AvgIpc) is 2.76. The zero-order valence-electron chi connectivity index (χ0n) is 17.7. The average molecular weight is 469 g/mol. The second-order valence-corrected chi connectivity index (χ2v) is 6.80. The van der Waals surface area contributed by atoms with Gasteiger partial charge in [0.15, 0.2) is 0 Å². The van der Waals surface area contributed by atoms with Gasteiger partial charge in [-0.2, -0.15) is 8.78 Å². The molecule has 3 N–H and O–H groups in total. The monoisotopic (exact) mass is 468 g/mol. The first-order chi connectivity index (χ1) is 15.1. The summed E-state index contributed by atoms with van der Waals surface area (Å²) in [6.45, 7) is 6.68. The van der Waals surface area contributed by atoms with E-state index in [9.17, 15) is 22.8 Å². The SMILES string of the molecule is C=NSN.COCC=NC(=O)C(F)(F)c1cc(C(=O)Nc2ccc(C)c(C)c2)ccc1F. The molecule has 7 nitrogen and oxygen atoms in total. The van der Waals surface area contributed by atoms with Crippen LogP contribution in [0.4, 0.5) is 18.9 Å². The van der Waals surface area contributed by atoms with Crippen LogP contribution in [0.1, 0.15) is 27.0 Å². The van der Waals surface area contributed by atoms with Crippen molar-refractivity contribution >= 4 is 42.6 Å². The van der Waals surface area contributed by atoms with Gasteiger partial charge in [-0.15, -0.1) is 0 Å². The van der Waals surface area contributed by atoms with Gasteiger partial charge in [0.2, 0.25) is 0 Å². The Hall–Kier alpha value is -3.02. The number of alkyl halides is 2. The third-order valence-electron chi connectivity index (χ3n) is 4.12. The number of nitrogens with two attached hydrogens (primary N) is 1. The molecule has 2 amide bonds. The number of benzene rings is 2. The summed E-state index contributed by atoms with van der Waals surface area (Å²) in [6.07, 6.45) is 0.852. The van der Waals surface area contributed by atoms with Gasteiger partial charge in [0, 0.05) is 31.3 Å². The third-order valence-corrected chi connectivity index (χ3v) is 4.27. The highest BCUT2D eigenvalue weighted by atomic mass is 32.2. The fourth-order valence-corrected chi connectivity index (χ4v) is 2.32. The van der Waals surface area contributed by atoms with Gasteiger partial charge < -0.3 is 10.1 Å². The van der Waals surface area contributed by atoms with E-state index < -0.39 is 29.1 Å². The summed E-state index contributed by atoms with van der Waals surface area (Å²) in [5.74, 6) is -8.11. The fourth-order valence-electron chi connectivity index (χ4n) is 2.32. The quantitative estimate of drug-likeness (QED) is 0.467. The highest BCUT2D eigenvalue weighted by Crippen LogP contribution is 2.32. The van der Waals surface area contributed by atoms with Crippen LogP contribution in [-0.4, -0.2) is 38.5 Å². The molecule has 2 rings (SSSR count). The number of halogens is 3. The van der Waals surface area contributed by atoms with Crippen molar-refractivity contribution < 1.29 is 27.5 Å². The molecule has 0 saturated heterocycles. The van der Waals surface area contributed by atoms with E-state index in [1.165, 1.54) is 7.11 Å². The topological polar surface area (TPSA) is 106 Å². The Morgan fingerprint density at radius 2 is 1.88 bits per heavy atom. The van der Waals surface area contributed by atoms with Crippen molar-refractivity contribution in [3.63, 3.8) is 0 Å². The number of carbonyl (C=O) groups excluding carboxylic acids is 2. The number of methoxy groups -OCH3 is 1. The predicted molar refractivity (Wildman–Crippen MR) is 121 cm³/mol. The van der Waals surface area contributed by atoms with E-state index >= 15 is 0 Å². The molecule has 0 radical (unpaired) electrons. The minimum Gasteiger partial charge on any atom is -0.379 e. The minimum atomic E-state index is -4.23. The van der Waals surface area contributed by atoms with Crippen LogP contribution < -0.4 is 10.5 Å². The lowest BCUT2D eigenvalue weighted by Crippen LogP contribution is -2.26. The lowest BCUT2D eigenvalue weighted by atomic mass is 10.0. The molecule has 0 atom stereocenters. The number of hydrogen-bond donors (Lipinski definition) is 2. The Morgan fingerprint density at radius 3 is 2.44 bits per heavy atom. The Kier molecular flexibility index (Phi) is 10.8. The zero-order chi connectivity index (χ0) is 24.3. The van der Waals surface area contributed by atoms with Crippen LogP contribution in [0.2, 0.25) is 0 Å². The Balaban J connectivity index is 0.00000118. The normalized spacial score (nSPS) is 11.0. The molecular formula is C21H23F3N4O3S. The van der Waals surface area contributed by atoms with E-state index in [0.717, 1.165) is 35.5 Å². The number of nitrogens with one attached hydrogen (secondary N) is 1. The van der Waals surface area contributed by atoms with Crippen LogP contribution >= 0.6 is 12.1 Å². The van der Waals surface area contributed by atoms with Gasteiger partial charge in [0.05, 0.1) is 24.3 Å². The summed E-state index contributed by atoms with van der Waals surface area (Å²) in [6, 6.07) is 7.60. The minimum absolute atomic E-state index is 0.150. The number of carbonyl (C=O) groups is 2. The molecule has 0 aliphatic rings. The van der Waals surface area contributed by atoms with E-state index in [2.05, 4.69) is 26.2 Å². The van der Waals surface area contributed by atoms with Crippen molar-refractivity contribution in [2.45, 2.75) is 19.8 Å². The van der Waals surface area contributed by atoms with Gasteiger partial charge in [-0.25, -0.2) is 13.8 Å². The van der Waals surface area contributed by atoms with Gasteiger partial charge in [-0.3, -0.25) is 14.7 Å². The van der Waals surface area contributed by atoms with Crippen LogP contribution in [0.3, 0.4) is 0 Å². The molecule has 0 heterocycles. The number of hydrogen-bond acceptors (Lipinski definition) is 6. The molecule has 0 aromatic heterocycles. The second kappa shape index (κ2) is 12.7. The number of aliphatic imine (C=N–C) groups is 1. The van der Waals surface area contributed by atoms with Crippen LogP contribution in [0.25, 0.3) is 0 Å². The smallest absolute Gasteiger partial charge is 0.354 e. The van der Waals surface area contributed by atoms with E-state index in [1.54, 1.807) is 18.2 Å². The van der Waals surface area contributed by atoms with Crippen molar-refractivity contribution in [1.82, 2.24) is 0 Å². The van der Waals surface area contributed by atoms with Crippen molar-refractivity contribution in [2.24, 2.45) is 14.5 Å². The molecule has 11 heteroatoms. The molecule has 0 saturated carbocycles. The van der Waals surface area contributed by atoms with Crippen LogP contribution in [-0.2, 0) is 15.5 Å². The lowest BCUT2D eigenvalue weighted by Gasteiger charge is -2.15. The molecule has 0 spiro atoms. The molecule has 2 aromatic rings. The molecular weight excluding hydrogens is 445 g/mol. The third kappa shape index (κ3) is 7.59. The van der Waals surface area contributed by atoms with E-state index in [0.29, 0.717) is 17.8 Å². The zero-order valence-corrected chi connectivity index (χ0v) is 18.5. The number of nitrogens with zero attached hydrogens (tertiary/aromatic N) is 2. The second-order valence-electron chi connectivity index (χ2n) is 6.33. The van der Waals surface area contributed by atoms with E-state index in [1.807, 2.05) is 13.8 Å². The molecule has 0 aliphatic heterocycles. The van der Waals surface area contributed by atoms with E-state index in [4.69, 9.17) is 5.14 Å². The van der Waals surface area contributed by atoms with Gasteiger partial charge in [0.25, 0.3) is 5.91 Å². The maximum atomic E-state index is 14.3. The molecule has 32 heavy (non-hydrogen) atoms. The maximum absolute atomic E-state index is 14.3. The molecule has 172 valence electrons. The first kappa shape index (κ1) is 27.0. The summed E-state index contributed by atoms with van der Waals surface area (Å²) >= 11 is 0.870. The standard InChI is InChI=1S/C20H19F3N2O3.CH4N2S/c1-12-4-6-15(10-13(12)2)25-18(26)14-5-7-17(21)16(11-14)20(22,23)19(27)24-8-9-28-3;1-3-4-2/h4-8,10-11H,9H2,1-3H3,(H,25,26);1-2H2. The Labute approximate surface area is 188 Å². The van der Waals surface area contributed by atoms with Gasteiger partial charge in [0.1, 0.15) is 5.82 Å². The number of ether oxygens (including phenoxy) is 1. The first-order valence-corrected chi connectivity index (χ1v) is 9.86. The van der Waals surface area contributed by atoms with Crippen LogP contribution in [0, 0.1) is 19.7 Å². The molecule has 0 aliphatic carbocycles. The number of rotatable bonds is 7. The number of anilines is 1. The molecule has 0 unspecified atom stereocenters. The first-order valence-electron chi connectivity index (χ1n) is 9.02. The summed E-state index contributed by atoms with van der Waals surface area (Å²) in [5.41, 5.74) is 0.978. The maximum Gasteiger partial charge on any atom is 0.354 e. The van der Waals surface area contributed by atoms with Crippen molar-refractivity contribution in [1.29, 1.82) is 0 Å². The van der Waals surface area contributed by atoms with Gasteiger partial charge >= 0.3 is 11.8 Å². The summed E-state index contributed by atoms with van der Waals surface area (Å²) in [4.78, 5) is 27.1. The Bertz CT molecular complexity index is 1000. The van der Waals surface area contributed by atoms with E-state index in [-0.39, 0.29) is 12.2 Å². The van der Waals surface area contributed by atoms with Crippen molar-refractivity contribution in [3.8, 4) is 0 Å².